The minimum atomic E-state index is -0.0764. The van der Waals surface area contributed by atoms with Crippen LogP contribution in [0.25, 0.3) is 0 Å². The molecule has 0 bridgehead atoms. The standard InChI is InChI=1S/C22H17IO2/c1-15-10-16(14-23)12-20(11-15)22(25)19-9-5-8-18(13-19)21(24)17-6-3-2-4-7-17/h2-13H,14H2,1H3. The Morgan fingerprint density at radius 2 is 1.32 bits per heavy atom. The molecule has 0 saturated heterocycles. The van der Waals surface area contributed by atoms with Crippen LogP contribution in [0, 0.1) is 6.92 Å². The molecule has 0 aromatic heterocycles. The molecule has 0 atom stereocenters. The van der Waals surface area contributed by atoms with Crippen LogP contribution in [-0.2, 0) is 4.43 Å². The van der Waals surface area contributed by atoms with E-state index in [4.69, 9.17) is 0 Å². The highest BCUT2D eigenvalue weighted by Crippen LogP contribution is 2.18. The van der Waals surface area contributed by atoms with Gasteiger partial charge in [-0.15, -0.1) is 0 Å². The van der Waals surface area contributed by atoms with Crippen LogP contribution in [0.1, 0.15) is 43.0 Å². The van der Waals surface area contributed by atoms with Crippen molar-refractivity contribution in [3.63, 3.8) is 0 Å². The van der Waals surface area contributed by atoms with Crippen LogP contribution in [0.2, 0.25) is 0 Å². The van der Waals surface area contributed by atoms with Crippen molar-refractivity contribution in [1.82, 2.24) is 0 Å². The maximum absolute atomic E-state index is 12.9. The van der Waals surface area contributed by atoms with Crippen molar-refractivity contribution in [3.05, 3.63) is 106 Å². The van der Waals surface area contributed by atoms with E-state index in [2.05, 4.69) is 28.7 Å². The third kappa shape index (κ3) is 4.04. The van der Waals surface area contributed by atoms with Crippen molar-refractivity contribution >= 4 is 34.2 Å². The molecule has 25 heavy (non-hydrogen) atoms. The number of ketones is 2. The molecule has 0 aliphatic heterocycles. The van der Waals surface area contributed by atoms with E-state index in [1.165, 1.54) is 0 Å². The maximum Gasteiger partial charge on any atom is 0.193 e. The quantitative estimate of drug-likeness (QED) is 0.303. The van der Waals surface area contributed by atoms with Gasteiger partial charge in [0.1, 0.15) is 0 Å². The van der Waals surface area contributed by atoms with E-state index < -0.39 is 0 Å². The molecule has 0 saturated carbocycles. The van der Waals surface area contributed by atoms with Crippen molar-refractivity contribution < 1.29 is 9.59 Å². The predicted molar refractivity (Wildman–Crippen MR) is 109 cm³/mol. The highest BCUT2D eigenvalue weighted by molar-refractivity contribution is 14.1. The number of alkyl halides is 1. The lowest BCUT2D eigenvalue weighted by Crippen LogP contribution is -2.06. The van der Waals surface area contributed by atoms with E-state index in [-0.39, 0.29) is 11.6 Å². The molecule has 3 rings (SSSR count). The molecule has 3 heteroatoms. The summed E-state index contributed by atoms with van der Waals surface area (Å²) in [6.07, 6.45) is 0. The molecule has 0 spiro atoms. The van der Waals surface area contributed by atoms with Crippen molar-refractivity contribution in [1.29, 1.82) is 0 Å². The summed E-state index contributed by atoms with van der Waals surface area (Å²) < 4.78 is 0.853. The molecule has 0 heterocycles. The fourth-order valence-electron chi connectivity index (χ4n) is 2.80. The van der Waals surface area contributed by atoms with Gasteiger partial charge in [-0.3, -0.25) is 9.59 Å². The molecular weight excluding hydrogens is 423 g/mol. The number of carbonyl (C=O) groups excluding carboxylic acids is 2. The molecule has 0 radical (unpaired) electrons. The third-order valence-corrected chi connectivity index (χ3v) is 4.86. The third-order valence-electron chi connectivity index (χ3n) is 3.98. The lowest BCUT2D eigenvalue weighted by atomic mass is 9.96. The maximum atomic E-state index is 12.9. The van der Waals surface area contributed by atoms with Crippen molar-refractivity contribution in [3.8, 4) is 0 Å². The highest BCUT2D eigenvalue weighted by Gasteiger charge is 2.14. The minimum Gasteiger partial charge on any atom is -0.289 e. The number of hydrogen-bond acceptors (Lipinski definition) is 2. The molecule has 2 nitrogen and oxygen atoms in total. The molecule has 124 valence electrons. The molecule has 0 amide bonds. The van der Waals surface area contributed by atoms with Crippen LogP contribution in [0.5, 0.6) is 0 Å². The van der Waals surface area contributed by atoms with Gasteiger partial charge in [-0.1, -0.05) is 82.8 Å². The fourth-order valence-corrected chi connectivity index (χ4v) is 3.24. The number of benzene rings is 3. The Morgan fingerprint density at radius 3 is 1.96 bits per heavy atom. The topological polar surface area (TPSA) is 34.1 Å². The van der Waals surface area contributed by atoms with Gasteiger partial charge in [0.2, 0.25) is 0 Å². The molecule has 0 aliphatic rings. The van der Waals surface area contributed by atoms with E-state index >= 15 is 0 Å². The summed E-state index contributed by atoms with van der Waals surface area (Å²) in [5, 5.41) is 0. The molecule has 3 aromatic carbocycles. The molecule has 0 N–H and O–H groups in total. The first-order valence-corrected chi connectivity index (χ1v) is 9.52. The van der Waals surface area contributed by atoms with Crippen LogP contribution >= 0.6 is 22.6 Å². The van der Waals surface area contributed by atoms with E-state index in [1.54, 1.807) is 36.4 Å². The molecule has 0 fully saturated rings. The van der Waals surface area contributed by atoms with Gasteiger partial charge in [-0.25, -0.2) is 0 Å². The second-order valence-corrected chi connectivity index (χ2v) is 6.71. The number of rotatable bonds is 5. The SMILES string of the molecule is Cc1cc(CI)cc(C(=O)c2cccc(C(=O)c3ccccc3)c2)c1. The van der Waals surface area contributed by atoms with Gasteiger partial charge in [-0.05, 0) is 30.7 Å². The second-order valence-electron chi connectivity index (χ2n) is 5.95. The Bertz CT molecular complexity index is 930. The zero-order valence-corrected chi connectivity index (χ0v) is 16.0. The summed E-state index contributed by atoms with van der Waals surface area (Å²) in [4.78, 5) is 25.5. The van der Waals surface area contributed by atoms with Gasteiger partial charge >= 0.3 is 0 Å². The van der Waals surface area contributed by atoms with Gasteiger partial charge in [0.15, 0.2) is 11.6 Å². The first kappa shape index (κ1) is 17.5. The van der Waals surface area contributed by atoms with Crippen molar-refractivity contribution in [2.24, 2.45) is 0 Å². The molecular formula is C22H17IO2. The van der Waals surface area contributed by atoms with Gasteiger partial charge in [0.05, 0.1) is 0 Å². The average Bonchev–Trinajstić information content (AvgIpc) is 2.67. The Labute approximate surface area is 161 Å². The summed E-state index contributed by atoms with van der Waals surface area (Å²) in [6.45, 7) is 1.99. The van der Waals surface area contributed by atoms with E-state index in [0.717, 1.165) is 15.6 Å². The summed E-state index contributed by atoms with van der Waals surface area (Å²) in [5.74, 6) is -0.134. The fraction of sp³-hybridized carbons (Fsp3) is 0.0909. The van der Waals surface area contributed by atoms with Crippen LogP contribution in [0.4, 0.5) is 0 Å². The lowest BCUT2D eigenvalue weighted by Gasteiger charge is -2.07. The van der Waals surface area contributed by atoms with Gasteiger partial charge in [0, 0.05) is 26.7 Å². The van der Waals surface area contributed by atoms with E-state index in [0.29, 0.717) is 22.3 Å². The van der Waals surface area contributed by atoms with Gasteiger partial charge in [-0.2, -0.15) is 0 Å². The van der Waals surface area contributed by atoms with Gasteiger partial charge < -0.3 is 0 Å². The summed E-state index contributed by atoms with van der Waals surface area (Å²) in [5.41, 5.74) is 4.53. The normalized spacial score (nSPS) is 10.5. The second kappa shape index (κ2) is 7.74. The smallest absolute Gasteiger partial charge is 0.193 e. The van der Waals surface area contributed by atoms with Crippen molar-refractivity contribution in [2.75, 3.05) is 0 Å². The molecule has 3 aromatic rings. The highest BCUT2D eigenvalue weighted by atomic mass is 127. The Hall–Kier alpha value is -2.27. The lowest BCUT2D eigenvalue weighted by molar-refractivity contribution is 0.103. The number of aryl methyl sites for hydroxylation is 1. The molecule has 0 unspecified atom stereocenters. The predicted octanol–water partition coefficient (Wildman–Crippen LogP) is 5.39. The first-order valence-electron chi connectivity index (χ1n) is 7.99. The average molecular weight is 440 g/mol. The Balaban J connectivity index is 1.95. The Kier molecular flexibility index (Phi) is 5.43. The summed E-state index contributed by atoms with van der Waals surface area (Å²) >= 11 is 2.29. The van der Waals surface area contributed by atoms with Crippen LogP contribution in [0.15, 0.2) is 72.8 Å². The number of hydrogen-bond donors (Lipinski definition) is 0. The first-order chi connectivity index (χ1) is 12.1. The molecule has 0 aliphatic carbocycles. The van der Waals surface area contributed by atoms with E-state index in [9.17, 15) is 9.59 Å². The van der Waals surface area contributed by atoms with E-state index in [1.807, 2.05) is 37.3 Å². The van der Waals surface area contributed by atoms with Crippen molar-refractivity contribution in [2.45, 2.75) is 11.4 Å². The zero-order chi connectivity index (χ0) is 17.8. The number of halogens is 1. The number of carbonyl (C=O) groups is 2. The Morgan fingerprint density at radius 1 is 0.720 bits per heavy atom. The van der Waals surface area contributed by atoms with Gasteiger partial charge in [0.25, 0.3) is 0 Å². The van der Waals surface area contributed by atoms with Crippen LogP contribution < -0.4 is 0 Å². The van der Waals surface area contributed by atoms with Crippen LogP contribution in [-0.4, -0.2) is 11.6 Å². The summed E-state index contributed by atoms with van der Waals surface area (Å²) in [6, 6.07) is 22.0. The monoisotopic (exact) mass is 440 g/mol. The zero-order valence-electron chi connectivity index (χ0n) is 13.8. The largest absolute Gasteiger partial charge is 0.289 e. The summed E-state index contributed by atoms with van der Waals surface area (Å²) in [7, 11) is 0. The van der Waals surface area contributed by atoms with Crippen LogP contribution in [0.3, 0.4) is 0 Å². The minimum absolute atomic E-state index is 0.0579.